The van der Waals surface area contributed by atoms with Crippen molar-refractivity contribution in [2.75, 3.05) is 13.2 Å². The average molecular weight is 504 g/mol. The molecule has 11 heteroatoms. The van der Waals surface area contributed by atoms with Crippen molar-refractivity contribution in [2.45, 2.75) is 50.3 Å². The number of hydrogen-bond donors (Lipinski definition) is 2. The highest BCUT2D eigenvalue weighted by Crippen LogP contribution is 2.52. The summed E-state index contributed by atoms with van der Waals surface area (Å²) >= 11 is 1.29. The molecule has 0 spiro atoms. The van der Waals surface area contributed by atoms with Gasteiger partial charge in [-0.05, 0) is 6.92 Å². The number of fused-ring (bicyclic) bond motifs is 1. The van der Waals surface area contributed by atoms with Crippen molar-refractivity contribution in [3.05, 3.63) is 47.6 Å². The molecule has 1 aromatic heterocycles. The molecule has 3 aliphatic rings. The lowest BCUT2D eigenvalue weighted by molar-refractivity contribution is -0.671. The molecule has 35 heavy (non-hydrogen) atoms. The molecule has 4 rings (SSSR count). The van der Waals surface area contributed by atoms with Crippen LogP contribution in [-0.4, -0.2) is 79.2 Å². The number of aliphatic hydroxyl groups is 1. The third kappa shape index (κ3) is 4.50. The zero-order chi connectivity index (χ0) is 25.4. The standard InChI is InChI=1S/C24H30N4O6S/c1-5-10-34-27-11-18(16(12-29)17(27)6-7-26-9-8-25(4)13-26)35-22-14(2)20-19(15(3)30)23(31)28(20)21(22)24(32)33/h5,8-9,13-15,17-20,30H,1,6-7,10-11H2,2-4H3/p+1/t14-,15-,17-,18-,19-,20-/m1/s1. The highest BCUT2D eigenvalue weighted by molar-refractivity contribution is 8.04. The summed E-state index contributed by atoms with van der Waals surface area (Å²) in [7, 11) is 1.93. The fourth-order valence-electron chi connectivity index (χ4n) is 5.32. The van der Waals surface area contributed by atoms with Crippen molar-refractivity contribution in [1.29, 1.82) is 0 Å². The molecule has 4 heterocycles. The molecule has 0 radical (unpaired) electrons. The van der Waals surface area contributed by atoms with E-state index in [1.807, 2.05) is 41.8 Å². The fraction of sp³-hybridized carbons (Fsp3) is 0.542. The summed E-state index contributed by atoms with van der Waals surface area (Å²) in [6.45, 7) is 8.41. The fourth-order valence-corrected chi connectivity index (χ4v) is 6.83. The Balaban J connectivity index is 1.59. The van der Waals surface area contributed by atoms with E-state index in [0.29, 0.717) is 30.0 Å². The Bertz CT molecular complexity index is 1110. The van der Waals surface area contributed by atoms with E-state index in [1.54, 1.807) is 18.1 Å². The number of thioether (sulfide) groups is 1. The lowest BCUT2D eigenvalue weighted by Crippen LogP contribution is -2.63. The number of hydroxylamine groups is 2. The third-order valence-electron chi connectivity index (χ3n) is 6.94. The zero-order valence-electron chi connectivity index (χ0n) is 20.0. The lowest BCUT2D eigenvalue weighted by Gasteiger charge is -2.46. The molecular formula is C24H31N4O6S+. The SMILES string of the molecule is C=CCON1C[C@@H](SC2=C(C(=O)O)N3C(=O)[C@H]([C@@H](C)O)[C@H]3[C@H]2C)C(=C=O)[C@H]1CCn1cc[n+](C)c1. The maximum absolute atomic E-state index is 12.6. The van der Waals surface area contributed by atoms with Crippen LogP contribution in [0.1, 0.15) is 20.3 Å². The predicted octanol–water partition coefficient (Wildman–Crippen LogP) is 0.518. The van der Waals surface area contributed by atoms with E-state index in [4.69, 9.17) is 4.84 Å². The van der Waals surface area contributed by atoms with Crippen molar-refractivity contribution in [3.63, 3.8) is 0 Å². The van der Waals surface area contributed by atoms with Gasteiger partial charge in [-0.15, -0.1) is 18.3 Å². The van der Waals surface area contributed by atoms with Crippen LogP contribution in [0.5, 0.6) is 0 Å². The number of nitrogens with zero attached hydrogens (tertiary/aromatic N) is 4. The van der Waals surface area contributed by atoms with Crippen molar-refractivity contribution < 1.29 is 34.0 Å². The molecule has 2 fully saturated rings. The summed E-state index contributed by atoms with van der Waals surface area (Å²) < 4.78 is 3.95. The number of β-lactam (4-membered cyclic amide) rings is 1. The molecule has 1 amide bonds. The van der Waals surface area contributed by atoms with E-state index in [9.17, 15) is 24.6 Å². The summed E-state index contributed by atoms with van der Waals surface area (Å²) in [5, 5.41) is 21.4. The quantitative estimate of drug-likeness (QED) is 0.206. The highest BCUT2D eigenvalue weighted by Gasteiger charge is 2.60. The smallest absolute Gasteiger partial charge is 0.353 e. The molecule has 0 aromatic carbocycles. The Morgan fingerprint density at radius 2 is 2.23 bits per heavy atom. The van der Waals surface area contributed by atoms with Crippen LogP contribution in [0.3, 0.4) is 0 Å². The van der Waals surface area contributed by atoms with Gasteiger partial charge in [0.2, 0.25) is 12.2 Å². The number of carboxylic acids is 1. The van der Waals surface area contributed by atoms with Gasteiger partial charge in [0.05, 0.1) is 49.6 Å². The molecular weight excluding hydrogens is 472 g/mol. The summed E-state index contributed by atoms with van der Waals surface area (Å²) in [6.07, 6.45) is 7.19. The van der Waals surface area contributed by atoms with Gasteiger partial charge in [-0.2, -0.15) is 5.06 Å². The van der Waals surface area contributed by atoms with Gasteiger partial charge < -0.3 is 15.1 Å². The van der Waals surface area contributed by atoms with Crippen LogP contribution < -0.4 is 4.57 Å². The molecule has 1 aromatic rings. The Morgan fingerprint density at radius 1 is 1.49 bits per heavy atom. The van der Waals surface area contributed by atoms with Crippen LogP contribution in [0.2, 0.25) is 0 Å². The van der Waals surface area contributed by atoms with Crippen LogP contribution in [0.25, 0.3) is 0 Å². The van der Waals surface area contributed by atoms with Crippen molar-refractivity contribution in [2.24, 2.45) is 18.9 Å². The number of aliphatic carboxylic acids is 1. The van der Waals surface area contributed by atoms with Crippen molar-refractivity contribution in [1.82, 2.24) is 14.5 Å². The minimum atomic E-state index is -1.19. The molecule has 0 bridgehead atoms. The van der Waals surface area contributed by atoms with Gasteiger partial charge in [-0.25, -0.2) is 18.7 Å². The van der Waals surface area contributed by atoms with Crippen molar-refractivity contribution >= 4 is 29.6 Å². The first-order valence-corrected chi connectivity index (χ1v) is 12.5. The van der Waals surface area contributed by atoms with E-state index in [2.05, 4.69) is 12.5 Å². The predicted molar refractivity (Wildman–Crippen MR) is 127 cm³/mol. The highest BCUT2D eigenvalue weighted by atomic mass is 32.2. The van der Waals surface area contributed by atoms with E-state index in [0.717, 1.165) is 0 Å². The summed E-state index contributed by atoms with van der Waals surface area (Å²) in [4.78, 5) is 44.7. The molecule has 2 N–H and O–H groups in total. The summed E-state index contributed by atoms with van der Waals surface area (Å²) in [5.41, 5.74) is 0.453. The van der Waals surface area contributed by atoms with Crippen LogP contribution in [-0.2, 0) is 32.8 Å². The maximum Gasteiger partial charge on any atom is 0.353 e. The number of aliphatic hydroxyl groups excluding tert-OH is 1. The first-order chi connectivity index (χ1) is 16.7. The van der Waals surface area contributed by atoms with Crippen LogP contribution in [0, 0.1) is 11.8 Å². The monoisotopic (exact) mass is 503 g/mol. The average Bonchev–Trinajstić information content (AvgIpc) is 3.43. The van der Waals surface area contributed by atoms with E-state index in [-0.39, 0.29) is 35.4 Å². The number of aryl methyl sites for hydroxylation is 2. The van der Waals surface area contributed by atoms with Gasteiger partial charge in [0.1, 0.15) is 24.0 Å². The van der Waals surface area contributed by atoms with E-state index < -0.39 is 24.0 Å². The molecule has 0 saturated carbocycles. The van der Waals surface area contributed by atoms with Gasteiger partial charge in [-0.3, -0.25) is 9.63 Å². The molecule has 3 aliphatic heterocycles. The third-order valence-corrected chi connectivity index (χ3v) is 8.45. The normalized spacial score (nSPS) is 29.3. The summed E-state index contributed by atoms with van der Waals surface area (Å²) in [5.74, 6) is -0.370. The Hall–Kier alpha value is -2.69. The van der Waals surface area contributed by atoms with Gasteiger partial charge >= 0.3 is 5.97 Å². The number of aromatic nitrogens is 2. The van der Waals surface area contributed by atoms with E-state index >= 15 is 0 Å². The first-order valence-electron chi connectivity index (χ1n) is 11.6. The lowest BCUT2D eigenvalue weighted by atomic mass is 9.79. The summed E-state index contributed by atoms with van der Waals surface area (Å²) in [6, 6.07) is -0.730. The second-order valence-corrected chi connectivity index (χ2v) is 10.5. The maximum atomic E-state index is 12.6. The van der Waals surface area contributed by atoms with Gasteiger partial charge in [0.25, 0.3) is 0 Å². The first kappa shape index (κ1) is 25.4. The number of carbonyl (C=O) groups excluding carboxylic acids is 2. The Morgan fingerprint density at radius 3 is 2.80 bits per heavy atom. The van der Waals surface area contributed by atoms with Gasteiger partial charge in [0.15, 0.2) is 0 Å². The molecule has 188 valence electrons. The Kier molecular flexibility index (Phi) is 7.35. The number of imidazole rings is 1. The zero-order valence-corrected chi connectivity index (χ0v) is 20.9. The molecule has 2 saturated heterocycles. The van der Waals surface area contributed by atoms with Crippen molar-refractivity contribution in [3.8, 4) is 0 Å². The number of carbonyl (C=O) groups is 2. The molecule has 10 nitrogen and oxygen atoms in total. The largest absolute Gasteiger partial charge is 0.477 e. The van der Waals surface area contributed by atoms with Crippen LogP contribution in [0.4, 0.5) is 0 Å². The topological polar surface area (TPSA) is 116 Å². The molecule has 0 aliphatic carbocycles. The van der Waals surface area contributed by atoms with Gasteiger partial charge in [0, 0.05) is 29.4 Å². The van der Waals surface area contributed by atoms with Crippen LogP contribution >= 0.6 is 11.8 Å². The minimum absolute atomic E-state index is 0.0542. The number of carboxylic acid groups (broad SMARTS) is 1. The molecule has 0 unspecified atom stereocenters. The minimum Gasteiger partial charge on any atom is -0.477 e. The number of amides is 1. The number of rotatable bonds is 10. The van der Waals surface area contributed by atoms with Gasteiger partial charge in [-0.1, -0.05) is 13.0 Å². The van der Waals surface area contributed by atoms with Crippen LogP contribution in [0.15, 0.2) is 47.6 Å². The second-order valence-electron chi connectivity index (χ2n) is 9.24. The molecule has 6 atom stereocenters. The number of hydrogen-bond acceptors (Lipinski definition) is 7. The van der Waals surface area contributed by atoms with E-state index in [1.165, 1.54) is 16.7 Å². The Labute approximate surface area is 208 Å². The second kappa shape index (κ2) is 10.1.